The van der Waals surface area contributed by atoms with Gasteiger partial charge in [-0.1, -0.05) is 0 Å². The number of ketones is 1. The maximum absolute atomic E-state index is 9.23. The van der Waals surface area contributed by atoms with Gasteiger partial charge >= 0.3 is 0 Å². The molecule has 0 aromatic rings. The van der Waals surface area contributed by atoms with Crippen molar-refractivity contribution in [1.82, 2.24) is 0 Å². The Morgan fingerprint density at radius 1 is 2.00 bits per heavy atom. The molecule has 0 aliphatic carbocycles. The van der Waals surface area contributed by atoms with Crippen LogP contribution in [0.3, 0.4) is 0 Å². The Hall–Kier alpha value is -0.840. The third-order valence-electron chi connectivity index (χ3n) is 0.110. The standard InChI is InChI=1S/C3HNO/c1-3(5)2-4/h1H. The number of carbonyl (C=O) groups is 1. The fourth-order valence-electron chi connectivity index (χ4n) is 0. The van der Waals surface area contributed by atoms with Gasteiger partial charge in [0.25, 0.3) is 0 Å². The van der Waals surface area contributed by atoms with E-state index in [0.717, 1.165) is 0 Å². The van der Waals surface area contributed by atoms with Crippen LogP contribution in [-0.2, 0) is 4.79 Å². The molecule has 5 heavy (non-hydrogen) atoms. The second-order valence-corrected chi connectivity index (χ2v) is 0.476. The van der Waals surface area contributed by atoms with Gasteiger partial charge in [0, 0.05) is 0 Å². The molecule has 0 fully saturated rings. The molecule has 0 rings (SSSR count). The zero-order valence-electron chi connectivity index (χ0n) is 2.43. The maximum atomic E-state index is 9.23. The van der Waals surface area contributed by atoms with Crippen LogP contribution in [0.4, 0.5) is 0 Å². The van der Waals surface area contributed by atoms with Crippen LogP contribution >= 0.6 is 0 Å². The number of rotatable bonds is 0. The number of nitrogens with zero attached hydrogens (tertiary/aromatic N) is 1. The summed E-state index contributed by atoms with van der Waals surface area (Å²) in [5.74, 6) is -0.940. The highest BCUT2D eigenvalue weighted by Crippen LogP contribution is 1.51. The quantitative estimate of drug-likeness (QED) is 0.368. The van der Waals surface area contributed by atoms with E-state index in [-0.39, 0.29) is 0 Å². The molecule has 0 aromatic heterocycles. The second kappa shape index (κ2) is 1.48. The molecule has 0 aliphatic rings. The van der Waals surface area contributed by atoms with Gasteiger partial charge in [-0.05, 0) is 0 Å². The lowest BCUT2D eigenvalue weighted by Gasteiger charge is -1.52. The summed E-state index contributed by atoms with van der Waals surface area (Å²) >= 11 is 0. The highest BCUT2D eigenvalue weighted by Gasteiger charge is 1.76. The lowest BCUT2D eigenvalue weighted by atomic mass is 10.5. The largest absolute Gasteiger partial charge is 0.282 e. The number of Topliss-reactive ketones (excluding diaryl/α,β-unsaturated/α-hetero) is 1. The maximum Gasteiger partial charge on any atom is 0.236 e. The molecular formula is C3HNO. The summed E-state index contributed by atoms with van der Waals surface area (Å²) in [6.07, 6.45) is 0. The zero-order valence-corrected chi connectivity index (χ0v) is 2.43. The predicted octanol–water partition coefficient (Wildman–Crippen LogP) is -0.210. The van der Waals surface area contributed by atoms with Crippen molar-refractivity contribution < 1.29 is 4.79 Å². The molecule has 24 valence electrons. The first-order chi connectivity index (χ1) is 2.27. The first-order valence-electron chi connectivity index (χ1n) is 0.966. The van der Waals surface area contributed by atoms with Crippen LogP contribution in [0.15, 0.2) is 0 Å². The van der Waals surface area contributed by atoms with Gasteiger partial charge in [-0.15, -0.1) is 0 Å². The van der Waals surface area contributed by atoms with Crippen LogP contribution < -0.4 is 0 Å². The molecule has 0 atom stereocenters. The van der Waals surface area contributed by atoms with E-state index in [1.165, 1.54) is 6.07 Å². The van der Waals surface area contributed by atoms with Gasteiger partial charge in [0.1, 0.15) is 6.07 Å². The summed E-state index contributed by atoms with van der Waals surface area (Å²) in [5, 5.41) is 7.42. The van der Waals surface area contributed by atoms with E-state index in [4.69, 9.17) is 5.26 Å². The molecule has 0 saturated carbocycles. The molecule has 2 heteroatoms. The molecule has 0 amide bonds. The van der Waals surface area contributed by atoms with E-state index in [1.54, 1.807) is 0 Å². The van der Waals surface area contributed by atoms with E-state index in [9.17, 15) is 4.79 Å². The van der Waals surface area contributed by atoms with Crippen molar-refractivity contribution in [1.29, 1.82) is 5.26 Å². The molecule has 2 nitrogen and oxygen atoms in total. The van der Waals surface area contributed by atoms with Crippen molar-refractivity contribution in [3.8, 4) is 6.07 Å². The molecule has 0 bridgehead atoms. The van der Waals surface area contributed by atoms with Gasteiger partial charge in [-0.2, -0.15) is 5.26 Å². The normalized spacial score (nSPS) is 5.60. The Bertz CT molecular complexity index is 79.4. The summed E-state index contributed by atoms with van der Waals surface area (Å²) in [7, 11) is 0. The number of hydrogen-bond donors (Lipinski definition) is 0. The summed E-state index contributed by atoms with van der Waals surface area (Å²) in [6.45, 7) is 4.29. The van der Waals surface area contributed by atoms with Gasteiger partial charge in [-0.25, -0.2) is 0 Å². The Kier molecular flexibility index (Phi) is 1.23. The van der Waals surface area contributed by atoms with E-state index < -0.39 is 5.78 Å². The Balaban J connectivity index is 3.35. The SMILES string of the molecule is [CH]C(=O)C#N. The molecule has 0 saturated heterocycles. The van der Waals surface area contributed by atoms with E-state index in [0.29, 0.717) is 0 Å². The number of hydrogen-bond acceptors (Lipinski definition) is 2. The predicted molar refractivity (Wildman–Crippen MR) is 14.9 cm³/mol. The van der Waals surface area contributed by atoms with E-state index in [2.05, 4.69) is 6.92 Å². The summed E-state index contributed by atoms with van der Waals surface area (Å²) < 4.78 is 0. The fraction of sp³-hybridized carbons (Fsp3) is 0. The van der Waals surface area contributed by atoms with E-state index >= 15 is 0 Å². The van der Waals surface area contributed by atoms with Crippen LogP contribution in [0.25, 0.3) is 0 Å². The van der Waals surface area contributed by atoms with Crippen molar-refractivity contribution in [2.45, 2.75) is 0 Å². The average molecular weight is 67.0 g/mol. The lowest BCUT2D eigenvalue weighted by molar-refractivity contribution is -0.110. The van der Waals surface area contributed by atoms with Gasteiger partial charge in [0.05, 0.1) is 6.92 Å². The fourth-order valence-corrected chi connectivity index (χ4v) is 0. The lowest BCUT2D eigenvalue weighted by Crippen LogP contribution is -1.76. The average Bonchev–Trinajstić information content (AvgIpc) is 1.38. The highest BCUT2D eigenvalue weighted by molar-refractivity contribution is 5.96. The van der Waals surface area contributed by atoms with Gasteiger partial charge < -0.3 is 0 Å². The van der Waals surface area contributed by atoms with Crippen molar-refractivity contribution in [2.24, 2.45) is 0 Å². The van der Waals surface area contributed by atoms with Crippen molar-refractivity contribution in [3.05, 3.63) is 6.92 Å². The molecule has 0 heterocycles. The van der Waals surface area contributed by atoms with E-state index in [1.807, 2.05) is 0 Å². The van der Waals surface area contributed by atoms with Crippen LogP contribution in [0.1, 0.15) is 0 Å². The highest BCUT2D eigenvalue weighted by atomic mass is 16.1. The molecule has 0 aliphatic heterocycles. The molecule has 2 radical (unpaired) electrons. The third kappa shape index (κ3) is 3.16. The van der Waals surface area contributed by atoms with Gasteiger partial charge in [-0.3, -0.25) is 4.79 Å². The monoisotopic (exact) mass is 67.0 g/mol. The Morgan fingerprint density at radius 3 is 2.20 bits per heavy atom. The smallest absolute Gasteiger partial charge is 0.236 e. The Morgan fingerprint density at radius 2 is 2.20 bits per heavy atom. The first kappa shape index (κ1) is 4.16. The molecular weight excluding hydrogens is 66.0 g/mol. The van der Waals surface area contributed by atoms with Gasteiger partial charge in [0.15, 0.2) is 0 Å². The van der Waals surface area contributed by atoms with Crippen molar-refractivity contribution in [3.63, 3.8) is 0 Å². The van der Waals surface area contributed by atoms with Crippen LogP contribution in [0.2, 0.25) is 0 Å². The second-order valence-electron chi connectivity index (χ2n) is 0.476. The van der Waals surface area contributed by atoms with Gasteiger partial charge in [0.2, 0.25) is 5.78 Å². The van der Waals surface area contributed by atoms with Crippen LogP contribution in [0.5, 0.6) is 0 Å². The summed E-state index contributed by atoms with van der Waals surface area (Å²) in [5.41, 5.74) is 0. The molecule has 0 N–H and O–H groups in total. The van der Waals surface area contributed by atoms with Crippen molar-refractivity contribution in [2.75, 3.05) is 0 Å². The van der Waals surface area contributed by atoms with Crippen LogP contribution in [0, 0.1) is 18.3 Å². The minimum Gasteiger partial charge on any atom is -0.282 e. The summed E-state index contributed by atoms with van der Waals surface area (Å²) in [6, 6.07) is 1.17. The molecule has 0 spiro atoms. The zero-order chi connectivity index (χ0) is 4.28. The first-order valence-corrected chi connectivity index (χ1v) is 0.966. The molecule has 0 unspecified atom stereocenters. The van der Waals surface area contributed by atoms with Crippen LogP contribution in [-0.4, -0.2) is 5.78 Å². The number of carbonyl (C=O) groups excluding carboxylic acids is 1. The third-order valence-corrected chi connectivity index (χ3v) is 0.110. The minimum absolute atomic E-state index is 0.940. The summed E-state index contributed by atoms with van der Waals surface area (Å²) in [4.78, 5) is 9.23. The Labute approximate surface area is 30.0 Å². The minimum atomic E-state index is -0.940. The van der Waals surface area contributed by atoms with Crippen molar-refractivity contribution >= 4 is 5.78 Å². The number of nitriles is 1. The molecule has 0 aromatic carbocycles. The topological polar surface area (TPSA) is 40.9 Å².